The number of benzene rings is 2. The Morgan fingerprint density at radius 1 is 1.37 bits per heavy atom. The van der Waals surface area contributed by atoms with E-state index in [1.165, 1.54) is 0 Å². The van der Waals surface area contributed by atoms with Crippen LogP contribution >= 0.6 is 15.9 Å². The molecule has 0 aliphatic carbocycles. The fourth-order valence-corrected chi connectivity index (χ4v) is 3.85. The number of rotatable bonds is 3. The lowest BCUT2D eigenvalue weighted by molar-refractivity contribution is -0.0366. The molecule has 0 bridgehead atoms. The molecule has 0 saturated carbocycles. The summed E-state index contributed by atoms with van der Waals surface area (Å²) in [5.41, 5.74) is 8.56. The molecular formula is C20H19BrN4O2. The van der Waals surface area contributed by atoms with Crippen molar-refractivity contribution in [2.24, 2.45) is 0 Å². The zero-order valence-electron chi connectivity index (χ0n) is 14.9. The first-order valence-corrected chi connectivity index (χ1v) is 9.63. The standard InChI is InChI=1S/C20H19BrN4O2/c1-12-5-6-17-15(11-24-25(17)19-4-2-3-7-26-19)20(12)27-18-9-13(21)8-16(23)14(18)10-22/h5-6,8-9,11,19H,2-4,7,23H2,1H3. The van der Waals surface area contributed by atoms with Crippen molar-refractivity contribution in [3.63, 3.8) is 0 Å². The molecule has 6 nitrogen and oxygen atoms in total. The number of anilines is 1. The first kappa shape index (κ1) is 17.8. The highest BCUT2D eigenvalue weighted by atomic mass is 79.9. The van der Waals surface area contributed by atoms with Crippen molar-refractivity contribution >= 4 is 32.5 Å². The Kier molecular flexibility index (Phi) is 4.77. The molecule has 1 aliphatic rings. The molecule has 1 saturated heterocycles. The smallest absolute Gasteiger partial charge is 0.150 e. The normalized spacial score (nSPS) is 17.0. The highest BCUT2D eigenvalue weighted by molar-refractivity contribution is 9.10. The van der Waals surface area contributed by atoms with Crippen molar-refractivity contribution in [3.05, 3.63) is 46.1 Å². The molecular weight excluding hydrogens is 408 g/mol. The summed E-state index contributed by atoms with van der Waals surface area (Å²) in [7, 11) is 0. The fraction of sp³-hybridized carbons (Fsp3) is 0.300. The molecule has 1 atom stereocenters. The number of nitrogens with zero attached hydrogens (tertiary/aromatic N) is 3. The van der Waals surface area contributed by atoms with Gasteiger partial charge in [-0.15, -0.1) is 0 Å². The highest BCUT2D eigenvalue weighted by Gasteiger charge is 2.21. The molecule has 0 radical (unpaired) electrons. The van der Waals surface area contributed by atoms with Gasteiger partial charge in [-0.05, 0) is 49.9 Å². The van der Waals surface area contributed by atoms with Crippen LogP contribution in [0.3, 0.4) is 0 Å². The predicted octanol–water partition coefficient (Wildman–Crippen LogP) is 5.05. The third-order valence-electron chi connectivity index (χ3n) is 4.78. The van der Waals surface area contributed by atoms with E-state index in [0.29, 0.717) is 22.7 Å². The summed E-state index contributed by atoms with van der Waals surface area (Å²) in [5.74, 6) is 1.09. The van der Waals surface area contributed by atoms with Gasteiger partial charge in [0.25, 0.3) is 0 Å². The Morgan fingerprint density at radius 3 is 2.96 bits per heavy atom. The van der Waals surface area contributed by atoms with Crippen LogP contribution in [0.4, 0.5) is 5.69 Å². The minimum Gasteiger partial charge on any atom is -0.455 e. The number of aryl methyl sites for hydroxylation is 1. The predicted molar refractivity (Wildman–Crippen MR) is 107 cm³/mol. The van der Waals surface area contributed by atoms with Gasteiger partial charge in [0.15, 0.2) is 6.23 Å². The van der Waals surface area contributed by atoms with E-state index < -0.39 is 0 Å². The molecule has 2 aromatic carbocycles. The largest absolute Gasteiger partial charge is 0.455 e. The Balaban J connectivity index is 1.80. The van der Waals surface area contributed by atoms with Crippen molar-refractivity contribution in [3.8, 4) is 17.6 Å². The van der Waals surface area contributed by atoms with Gasteiger partial charge in [-0.3, -0.25) is 0 Å². The highest BCUT2D eigenvalue weighted by Crippen LogP contribution is 2.38. The number of hydrogen-bond donors (Lipinski definition) is 1. The number of nitrogens with two attached hydrogens (primary N) is 1. The van der Waals surface area contributed by atoms with Gasteiger partial charge in [0.1, 0.15) is 23.1 Å². The van der Waals surface area contributed by atoms with Crippen LogP contribution in [0.2, 0.25) is 0 Å². The van der Waals surface area contributed by atoms with Gasteiger partial charge in [0.05, 0.1) is 22.8 Å². The van der Waals surface area contributed by atoms with E-state index in [1.807, 2.05) is 23.7 Å². The maximum absolute atomic E-state index is 9.47. The molecule has 138 valence electrons. The Morgan fingerprint density at radius 2 is 2.22 bits per heavy atom. The van der Waals surface area contributed by atoms with Crippen LogP contribution in [-0.2, 0) is 4.74 Å². The molecule has 0 spiro atoms. The second-order valence-electron chi connectivity index (χ2n) is 6.64. The molecule has 1 aliphatic heterocycles. The zero-order chi connectivity index (χ0) is 19.0. The summed E-state index contributed by atoms with van der Waals surface area (Å²) in [6.45, 7) is 2.72. The number of nitriles is 1. The van der Waals surface area contributed by atoms with Gasteiger partial charge < -0.3 is 15.2 Å². The van der Waals surface area contributed by atoms with Gasteiger partial charge in [0.2, 0.25) is 0 Å². The molecule has 1 aromatic heterocycles. The van der Waals surface area contributed by atoms with Crippen molar-refractivity contribution < 1.29 is 9.47 Å². The van der Waals surface area contributed by atoms with Crippen LogP contribution < -0.4 is 10.5 Å². The van der Waals surface area contributed by atoms with Gasteiger partial charge >= 0.3 is 0 Å². The molecule has 0 amide bonds. The average Bonchev–Trinajstić information content (AvgIpc) is 3.09. The number of halogens is 1. The third-order valence-corrected chi connectivity index (χ3v) is 5.24. The number of nitrogen functional groups attached to an aromatic ring is 1. The first-order chi connectivity index (χ1) is 13.1. The number of aromatic nitrogens is 2. The summed E-state index contributed by atoms with van der Waals surface area (Å²) in [6, 6.07) is 9.59. The van der Waals surface area contributed by atoms with E-state index in [-0.39, 0.29) is 6.23 Å². The van der Waals surface area contributed by atoms with Crippen LogP contribution in [0.1, 0.15) is 36.6 Å². The van der Waals surface area contributed by atoms with Crippen molar-refractivity contribution in [1.29, 1.82) is 5.26 Å². The SMILES string of the molecule is Cc1ccc2c(cnn2C2CCCCO2)c1Oc1cc(Br)cc(N)c1C#N. The van der Waals surface area contributed by atoms with E-state index in [9.17, 15) is 5.26 Å². The number of fused-ring (bicyclic) bond motifs is 1. The first-order valence-electron chi connectivity index (χ1n) is 8.84. The second-order valence-corrected chi connectivity index (χ2v) is 7.55. The Bertz CT molecular complexity index is 1050. The van der Waals surface area contributed by atoms with Gasteiger partial charge in [-0.25, -0.2) is 4.68 Å². The number of hydrogen-bond acceptors (Lipinski definition) is 5. The van der Waals surface area contributed by atoms with E-state index in [4.69, 9.17) is 15.2 Å². The maximum atomic E-state index is 9.47. The van der Waals surface area contributed by atoms with Crippen LogP contribution in [-0.4, -0.2) is 16.4 Å². The van der Waals surface area contributed by atoms with E-state index in [0.717, 1.165) is 46.8 Å². The molecule has 27 heavy (non-hydrogen) atoms. The van der Waals surface area contributed by atoms with Gasteiger partial charge in [-0.1, -0.05) is 22.0 Å². The monoisotopic (exact) mass is 426 g/mol. The summed E-state index contributed by atoms with van der Waals surface area (Å²) >= 11 is 3.41. The summed E-state index contributed by atoms with van der Waals surface area (Å²) in [4.78, 5) is 0. The molecule has 3 aromatic rings. The van der Waals surface area contributed by atoms with Gasteiger partial charge in [0, 0.05) is 11.1 Å². The number of ether oxygens (including phenoxy) is 2. The zero-order valence-corrected chi connectivity index (χ0v) is 16.5. The van der Waals surface area contributed by atoms with Crippen molar-refractivity contribution in [2.75, 3.05) is 12.3 Å². The summed E-state index contributed by atoms with van der Waals surface area (Å²) in [6.07, 6.45) is 4.90. The lowest BCUT2D eigenvalue weighted by Gasteiger charge is -2.23. The van der Waals surface area contributed by atoms with Crippen LogP contribution in [0.15, 0.2) is 34.9 Å². The average molecular weight is 427 g/mol. The summed E-state index contributed by atoms with van der Waals surface area (Å²) < 4.78 is 14.7. The lowest BCUT2D eigenvalue weighted by atomic mass is 10.1. The van der Waals surface area contributed by atoms with Crippen LogP contribution in [0.25, 0.3) is 10.9 Å². The second kappa shape index (κ2) is 7.22. The van der Waals surface area contributed by atoms with E-state index in [2.05, 4.69) is 27.1 Å². The summed E-state index contributed by atoms with van der Waals surface area (Å²) in [5, 5.41) is 14.9. The molecule has 1 fully saturated rings. The third kappa shape index (κ3) is 3.27. The van der Waals surface area contributed by atoms with Crippen molar-refractivity contribution in [2.45, 2.75) is 32.4 Å². The Labute approximate surface area is 165 Å². The van der Waals surface area contributed by atoms with Crippen LogP contribution in [0, 0.1) is 18.3 Å². The van der Waals surface area contributed by atoms with E-state index >= 15 is 0 Å². The van der Waals surface area contributed by atoms with E-state index in [1.54, 1.807) is 18.3 Å². The minimum absolute atomic E-state index is 0.0528. The molecule has 7 heteroatoms. The molecule has 4 rings (SSSR count). The molecule has 2 N–H and O–H groups in total. The lowest BCUT2D eigenvalue weighted by Crippen LogP contribution is -2.18. The van der Waals surface area contributed by atoms with Gasteiger partial charge in [-0.2, -0.15) is 10.4 Å². The molecule has 2 heterocycles. The topological polar surface area (TPSA) is 86.1 Å². The Hall–Kier alpha value is -2.56. The minimum atomic E-state index is -0.0528. The fourth-order valence-electron chi connectivity index (χ4n) is 3.40. The molecule has 1 unspecified atom stereocenters. The quantitative estimate of drug-likeness (QED) is 0.591. The van der Waals surface area contributed by atoms with Crippen LogP contribution in [0.5, 0.6) is 11.5 Å². The maximum Gasteiger partial charge on any atom is 0.150 e. The van der Waals surface area contributed by atoms with Crippen molar-refractivity contribution in [1.82, 2.24) is 9.78 Å².